The first-order valence-electron chi connectivity index (χ1n) is 4.00. The van der Waals surface area contributed by atoms with Gasteiger partial charge in [0, 0.05) is 26.2 Å². The minimum atomic E-state index is -0.515. The molecule has 0 aliphatic heterocycles. The fourth-order valence-electron chi connectivity index (χ4n) is 1.75. The van der Waals surface area contributed by atoms with Gasteiger partial charge in [0.1, 0.15) is 0 Å². The summed E-state index contributed by atoms with van der Waals surface area (Å²) in [5.41, 5.74) is 2.39. The molecule has 0 saturated carbocycles. The van der Waals surface area contributed by atoms with Gasteiger partial charge in [0.05, 0.1) is 0 Å². The van der Waals surface area contributed by atoms with Gasteiger partial charge in [-0.05, 0) is 5.56 Å². The highest BCUT2D eigenvalue weighted by Gasteiger charge is 2.36. The summed E-state index contributed by atoms with van der Waals surface area (Å²) < 4.78 is 10.8. The normalized spacial score (nSPS) is 18.2. The van der Waals surface area contributed by atoms with Gasteiger partial charge in [-0.25, -0.2) is 0 Å². The summed E-state index contributed by atoms with van der Waals surface area (Å²) in [4.78, 5) is 0. The van der Waals surface area contributed by atoms with E-state index < -0.39 is 5.79 Å². The Morgan fingerprint density at radius 1 is 1.25 bits per heavy atom. The van der Waals surface area contributed by atoms with Gasteiger partial charge in [0.15, 0.2) is 5.79 Å². The van der Waals surface area contributed by atoms with Crippen molar-refractivity contribution < 1.29 is 9.47 Å². The number of hydrogen-bond donors (Lipinski definition) is 0. The topological polar surface area (TPSA) is 18.5 Å². The molecule has 1 aromatic carbocycles. The summed E-state index contributed by atoms with van der Waals surface area (Å²) in [5.74, 6) is -0.515. The zero-order chi connectivity index (χ0) is 8.60. The molecule has 2 nitrogen and oxygen atoms in total. The van der Waals surface area contributed by atoms with E-state index in [-0.39, 0.29) is 0 Å². The van der Waals surface area contributed by atoms with Crippen LogP contribution in [0.1, 0.15) is 11.1 Å². The van der Waals surface area contributed by atoms with Crippen LogP contribution < -0.4 is 0 Å². The molecule has 0 amide bonds. The number of ether oxygens (including phenoxy) is 2. The van der Waals surface area contributed by atoms with Gasteiger partial charge in [-0.3, -0.25) is 0 Å². The van der Waals surface area contributed by atoms with Crippen molar-refractivity contribution >= 4 is 0 Å². The Kier molecular flexibility index (Phi) is 1.67. The molecular weight excluding hydrogens is 152 g/mol. The minimum Gasteiger partial charge on any atom is -0.349 e. The zero-order valence-electron chi connectivity index (χ0n) is 7.33. The molecule has 1 aromatic rings. The highest BCUT2D eigenvalue weighted by Crippen LogP contribution is 2.36. The Morgan fingerprint density at radius 3 is 2.58 bits per heavy atom. The second-order valence-electron chi connectivity index (χ2n) is 3.04. The van der Waals surface area contributed by atoms with E-state index in [1.165, 1.54) is 5.56 Å². The van der Waals surface area contributed by atoms with E-state index in [4.69, 9.17) is 9.47 Å². The molecule has 0 fully saturated rings. The van der Waals surface area contributed by atoms with Gasteiger partial charge < -0.3 is 9.47 Å². The molecule has 0 N–H and O–H groups in total. The van der Waals surface area contributed by atoms with Crippen LogP contribution in [0.15, 0.2) is 24.3 Å². The Labute approximate surface area is 72.1 Å². The van der Waals surface area contributed by atoms with Crippen LogP contribution in [-0.4, -0.2) is 14.2 Å². The number of rotatable bonds is 2. The van der Waals surface area contributed by atoms with Gasteiger partial charge in [-0.1, -0.05) is 24.3 Å². The lowest BCUT2D eigenvalue weighted by Crippen LogP contribution is -2.29. The largest absolute Gasteiger partial charge is 0.349 e. The fraction of sp³-hybridized carbons (Fsp3) is 0.400. The second-order valence-corrected chi connectivity index (χ2v) is 3.04. The van der Waals surface area contributed by atoms with E-state index in [1.54, 1.807) is 14.2 Å². The quantitative estimate of drug-likeness (QED) is 0.619. The lowest BCUT2D eigenvalue weighted by molar-refractivity contribution is -0.211. The monoisotopic (exact) mass is 164 g/mol. The molecule has 0 aromatic heterocycles. The van der Waals surface area contributed by atoms with Crippen molar-refractivity contribution in [3.05, 3.63) is 35.4 Å². The molecule has 0 atom stereocenters. The molecule has 0 unspecified atom stereocenters. The smallest absolute Gasteiger partial charge is 0.198 e. The summed E-state index contributed by atoms with van der Waals surface area (Å²) >= 11 is 0. The van der Waals surface area contributed by atoms with Gasteiger partial charge in [0.25, 0.3) is 0 Å². The van der Waals surface area contributed by atoms with Crippen molar-refractivity contribution in [2.45, 2.75) is 12.2 Å². The van der Waals surface area contributed by atoms with Crippen LogP contribution in [0.5, 0.6) is 0 Å². The first kappa shape index (κ1) is 7.77. The predicted octanol–water partition coefficient (Wildman–Crippen LogP) is 1.69. The maximum Gasteiger partial charge on any atom is 0.198 e. The van der Waals surface area contributed by atoms with Crippen molar-refractivity contribution in [3.8, 4) is 0 Å². The number of benzene rings is 1. The average molecular weight is 164 g/mol. The number of fused-ring (bicyclic) bond motifs is 2. The van der Waals surface area contributed by atoms with Crippen molar-refractivity contribution in [2.24, 2.45) is 0 Å². The van der Waals surface area contributed by atoms with Crippen LogP contribution in [0.3, 0.4) is 0 Å². The Hall–Kier alpha value is -0.860. The van der Waals surface area contributed by atoms with E-state index in [0.29, 0.717) is 0 Å². The molecule has 0 spiro atoms. The molecule has 2 bridgehead atoms. The molecule has 12 heavy (non-hydrogen) atoms. The van der Waals surface area contributed by atoms with Gasteiger partial charge in [-0.2, -0.15) is 0 Å². The molecule has 0 radical (unpaired) electrons. The molecule has 0 heterocycles. The van der Waals surface area contributed by atoms with Crippen LogP contribution in [0.2, 0.25) is 0 Å². The van der Waals surface area contributed by atoms with E-state index in [1.807, 2.05) is 12.1 Å². The molecule has 64 valence electrons. The summed E-state index contributed by atoms with van der Waals surface area (Å²) in [6.07, 6.45) is 0.822. The zero-order valence-corrected chi connectivity index (χ0v) is 7.33. The van der Waals surface area contributed by atoms with Crippen LogP contribution in [0, 0.1) is 0 Å². The number of methoxy groups -OCH3 is 2. The second kappa shape index (κ2) is 2.57. The highest BCUT2D eigenvalue weighted by molar-refractivity contribution is 5.35. The van der Waals surface area contributed by atoms with Gasteiger partial charge in [0.2, 0.25) is 0 Å². The first-order chi connectivity index (χ1) is 5.80. The first-order valence-corrected chi connectivity index (χ1v) is 4.00. The third-order valence-corrected chi connectivity index (χ3v) is 2.46. The van der Waals surface area contributed by atoms with Crippen molar-refractivity contribution in [2.75, 3.05) is 14.2 Å². The predicted molar refractivity (Wildman–Crippen MR) is 45.8 cm³/mol. The van der Waals surface area contributed by atoms with E-state index in [2.05, 4.69) is 12.1 Å². The summed E-state index contributed by atoms with van der Waals surface area (Å²) in [6.45, 7) is 0. The van der Waals surface area contributed by atoms with Gasteiger partial charge >= 0.3 is 0 Å². The van der Waals surface area contributed by atoms with Crippen LogP contribution in [0.25, 0.3) is 0 Å². The Bertz CT molecular complexity index is 290. The van der Waals surface area contributed by atoms with Crippen molar-refractivity contribution in [3.63, 3.8) is 0 Å². The highest BCUT2D eigenvalue weighted by atomic mass is 16.7. The maximum absolute atomic E-state index is 5.38. The average Bonchev–Trinajstić information content (AvgIpc) is 2.38. The minimum absolute atomic E-state index is 0.515. The summed E-state index contributed by atoms with van der Waals surface area (Å²) in [5, 5.41) is 0. The SMILES string of the molecule is COC1(OC)Cc2cccc1c2. The molecule has 2 heteroatoms. The van der Waals surface area contributed by atoms with E-state index >= 15 is 0 Å². The molecule has 1 aliphatic carbocycles. The maximum atomic E-state index is 5.38. The molecule has 2 rings (SSSR count). The third-order valence-electron chi connectivity index (χ3n) is 2.46. The molecule has 0 saturated heterocycles. The van der Waals surface area contributed by atoms with Crippen molar-refractivity contribution in [1.29, 1.82) is 0 Å². The fourth-order valence-corrected chi connectivity index (χ4v) is 1.75. The Morgan fingerprint density at radius 2 is 2.00 bits per heavy atom. The van der Waals surface area contributed by atoms with Crippen LogP contribution in [-0.2, 0) is 21.7 Å². The summed E-state index contributed by atoms with van der Waals surface area (Å²) in [6, 6.07) is 8.27. The third kappa shape index (κ3) is 0.886. The van der Waals surface area contributed by atoms with Crippen LogP contribution in [0.4, 0.5) is 0 Å². The van der Waals surface area contributed by atoms with Crippen molar-refractivity contribution in [1.82, 2.24) is 0 Å². The molecular formula is C10H12O2. The van der Waals surface area contributed by atoms with Gasteiger partial charge in [-0.15, -0.1) is 0 Å². The number of hydrogen-bond acceptors (Lipinski definition) is 2. The summed E-state index contributed by atoms with van der Waals surface area (Å²) in [7, 11) is 3.36. The lowest BCUT2D eigenvalue weighted by Gasteiger charge is -2.26. The van der Waals surface area contributed by atoms with Crippen LogP contribution >= 0.6 is 0 Å². The van der Waals surface area contributed by atoms with E-state index in [0.717, 1.165) is 12.0 Å². The lowest BCUT2D eigenvalue weighted by atomic mass is 10.1. The van der Waals surface area contributed by atoms with E-state index in [9.17, 15) is 0 Å². The molecule has 1 aliphatic rings. The standard InChI is InChI=1S/C10H12O2/c1-11-10(12-2)7-8-4-3-5-9(10)6-8/h3-6H,7H2,1-2H3. The Balaban J connectivity index is 2.44.